The Morgan fingerprint density at radius 1 is 1.40 bits per heavy atom. The molecule has 1 aromatic rings. The van der Waals surface area contributed by atoms with Crippen molar-refractivity contribution in [1.82, 2.24) is 15.0 Å². The second-order valence-corrected chi connectivity index (χ2v) is 3.14. The highest BCUT2D eigenvalue weighted by Crippen LogP contribution is 2.31. The van der Waals surface area contributed by atoms with Crippen LogP contribution in [0.1, 0.15) is 24.7 Å². The quantitative estimate of drug-likeness (QED) is 0.833. The topological polar surface area (TPSA) is 56.7 Å². The summed E-state index contributed by atoms with van der Waals surface area (Å²) in [6.07, 6.45) is -3.74. The van der Waals surface area contributed by atoms with Gasteiger partial charge in [0.1, 0.15) is 0 Å². The summed E-state index contributed by atoms with van der Waals surface area (Å²) in [5.74, 6) is 0. The Bertz CT molecular complexity index is 295. The molecule has 0 saturated heterocycles. The van der Waals surface area contributed by atoms with Crippen molar-refractivity contribution >= 4 is 0 Å². The second kappa shape index (κ2) is 4.61. The van der Waals surface area contributed by atoms with Crippen molar-refractivity contribution in [3.8, 4) is 0 Å². The lowest BCUT2D eigenvalue weighted by Crippen LogP contribution is -2.17. The molecule has 0 radical (unpaired) electrons. The Balaban J connectivity index is 3.08. The number of aromatic nitrogens is 3. The molecule has 7 heteroatoms. The van der Waals surface area contributed by atoms with E-state index >= 15 is 0 Å². The first kappa shape index (κ1) is 12.0. The number of aryl methyl sites for hydroxylation is 1. The lowest BCUT2D eigenvalue weighted by Gasteiger charge is -2.09. The molecule has 2 N–H and O–H groups in total. The Hall–Kier alpha value is -1.11. The zero-order valence-electron chi connectivity index (χ0n) is 8.38. The van der Waals surface area contributed by atoms with Crippen LogP contribution in [0.25, 0.3) is 0 Å². The van der Waals surface area contributed by atoms with E-state index in [0.717, 1.165) is 4.68 Å². The fourth-order valence-electron chi connectivity index (χ4n) is 1.33. The zero-order chi connectivity index (χ0) is 11.5. The molecule has 0 fully saturated rings. The maximum absolute atomic E-state index is 12.6. The Morgan fingerprint density at radius 3 is 2.53 bits per heavy atom. The molecule has 86 valence electrons. The van der Waals surface area contributed by atoms with E-state index in [2.05, 4.69) is 10.3 Å². The van der Waals surface area contributed by atoms with Gasteiger partial charge in [0, 0.05) is 13.0 Å². The van der Waals surface area contributed by atoms with Crippen molar-refractivity contribution in [1.29, 1.82) is 0 Å². The minimum atomic E-state index is -4.41. The van der Waals surface area contributed by atoms with Gasteiger partial charge < -0.3 is 5.73 Å². The Kier molecular flexibility index (Phi) is 3.67. The summed E-state index contributed by atoms with van der Waals surface area (Å²) in [5, 5.41) is 6.99. The molecule has 0 spiro atoms. The van der Waals surface area contributed by atoms with Gasteiger partial charge in [-0.1, -0.05) is 12.1 Å². The monoisotopic (exact) mass is 222 g/mol. The van der Waals surface area contributed by atoms with E-state index in [4.69, 9.17) is 5.73 Å². The lowest BCUT2D eigenvalue weighted by atomic mass is 10.2. The van der Waals surface area contributed by atoms with Crippen LogP contribution in [0, 0.1) is 0 Å². The molecule has 0 unspecified atom stereocenters. The summed E-state index contributed by atoms with van der Waals surface area (Å²) in [6.45, 7) is 2.13. The van der Waals surface area contributed by atoms with Gasteiger partial charge in [-0.2, -0.15) is 13.2 Å². The molecule has 1 rings (SSSR count). The van der Waals surface area contributed by atoms with E-state index in [-0.39, 0.29) is 25.2 Å². The van der Waals surface area contributed by atoms with Gasteiger partial charge in [0.15, 0.2) is 5.69 Å². The second-order valence-electron chi connectivity index (χ2n) is 3.14. The fourth-order valence-corrected chi connectivity index (χ4v) is 1.33. The van der Waals surface area contributed by atoms with Crippen LogP contribution >= 0.6 is 0 Å². The predicted octanol–water partition coefficient (Wildman–Crippen LogP) is 1.21. The van der Waals surface area contributed by atoms with Crippen LogP contribution in [0.5, 0.6) is 0 Å². The molecule has 0 saturated carbocycles. The normalized spacial score (nSPS) is 12.1. The molecule has 1 heterocycles. The number of nitrogens with zero attached hydrogens (tertiary/aromatic N) is 3. The van der Waals surface area contributed by atoms with E-state index in [1.165, 1.54) is 0 Å². The standard InChI is InChI=1S/C8H13F3N4/c1-2-5-15-7(8(9,10)11)6(3-4-12)13-14-15/h2-5,12H2,1H3. The Labute approximate surface area is 85.3 Å². The van der Waals surface area contributed by atoms with Crippen LogP contribution in [0.15, 0.2) is 0 Å². The van der Waals surface area contributed by atoms with E-state index in [9.17, 15) is 13.2 Å². The first-order valence-electron chi connectivity index (χ1n) is 4.70. The lowest BCUT2D eigenvalue weighted by molar-refractivity contribution is -0.144. The molecule has 0 atom stereocenters. The number of alkyl halides is 3. The van der Waals surface area contributed by atoms with Crippen molar-refractivity contribution < 1.29 is 13.2 Å². The zero-order valence-corrected chi connectivity index (χ0v) is 8.38. The minimum Gasteiger partial charge on any atom is -0.330 e. The first-order chi connectivity index (χ1) is 7.00. The number of halogens is 3. The van der Waals surface area contributed by atoms with Crippen molar-refractivity contribution in [3.63, 3.8) is 0 Å². The maximum Gasteiger partial charge on any atom is 0.434 e. The first-order valence-corrected chi connectivity index (χ1v) is 4.70. The van der Waals surface area contributed by atoms with Crippen LogP contribution in [0.2, 0.25) is 0 Å². The molecule has 0 aliphatic heterocycles. The number of rotatable bonds is 4. The summed E-state index contributed by atoms with van der Waals surface area (Å²) in [7, 11) is 0. The van der Waals surface area contributed by atoms with Gasteiger partial charge in [-0.25, -0.2) is 4.68 Å². The van der Waals surface area contributed by atoms with Crippen LogP contribution in [0.3, 0.4) is 0 Å². The summed E-state index contributed by atoms with van der Waals surface area (Å²) in [4.78, 5) is 0. The molecule has 15 heavy (non-hydrogen) atoms. The highest BCUT2D eigenvalue weighted by molar-refractivity contribution is 5.14. The van der Waals surface area contributed by atoms with Crippen molar-refractivity contribution in [2.75, 3.05) is 6.54 Å². The van der Waals surface area contributed by atoms with Gasteiger partial charge in [-0.3, -0.25) is 0 Å². The van der Waals surface area contributed by atoms with Gasteiger partial charge in [0.2, 0.25) is 0 Å². The molecular weight excluding hydrogens is 209 g/mol. The fraction of sp³-hybridized carbons (Fsp3) is 0.750. The van der Waals surface area contributed by atoms with Gasteiger partial charge in [0.25, 0.3) is 0 Å². The van der Waals surface area contributed by atoms with E-state index < -0.39 is 11.9 Å². The summed E-state index contributed by atoms with van der Waals surface area (Å²) >= 11 is 0. The molecular formula is C8H13F3N4. The largest absolute Gasteiger partial charge is 0.434 e. The van der Waals surface area contributed by atoms with Crippen LogP contribution in [0.4, 0.5) is 13.2 Å². The summed E-state index contributed by atoms with van der Waals surface area (Å²) < 4.78 is 38.8. The molecule has 0 aliphatic rings. The van der Waals surface area contributed by atoms with Crippen molar-refractivity contribution in [2.45, 2.75) is 32.5 Å². The molecule has 0 amide bonds. The highest BCUT2D eigenvalue weighted by Gasteiger charge is 2.38. The number of nitrogens with two attached hydrogens (primary N) is 1. The highest BCUT2D eigenvalue weighted by atomic mass is 19.4. The average Bonchev–Trinajstić information content (AvgIpc) is 2.48. The Morgan fingerprint density at radius 2 is 2.07 bits per heavy atom. The number of hydrogen-bond acceptors (Lipinski definition) is 3. The molecule has 0 bridgehead atoms. The van der Waals surface area contributed by atoms with E-state index in [1.807, 2.05) is 0 Å². The number of hydrogen-bond donors (Lipinski definition) is 1. The summed E-state index contributed by atoms with van der Waals surface area (Å²) in [5.41, 5.74) is 4.37. The predicted molar refractivity (Wildman–Crippen MR) is 48.1 cm³/mol. The SMILES string of the molecule is CCCn1nnc(CCN)c1C(F)(F)F. The third-order valence-corrected chi connectivity index (χ3v) is 1.89. The maximum atomic E-state index is 12.6. The molecule has 1 aromatic heterocycles. The van der Waals surface area contributed by atoms with Crippen molar-refractivity contribution in [2.24, 2.45) is 5.73 Å². The smallest absolute Gasteiger partial charge is 0.330 e. The van der Waals surface area contributed by atoms with Gasteiger partial charge >= 0.3 is 6.18 Å². The molecule has 0 aromatic carbocycles. The molecule has 0 aliphatic carbocycles. The summed E-state index contributed by atoms with van der Waals surface area (Å²) in [6, 6.07) is 0. The minimum absolute atomic E-state index is 0.0709. The third-order valence-electron chi connectivity index (χ3n) is 1.89. The van der Waals surface area contributed by atoms with Gasteiger partial charge in [0.05, 0.1) is 5.69 Å². The van der Waals surface area contributed by atoms with Crippen LogP contribution < -0.4 is 5.73 Å². The van der Waals surface area contributed by atoms with Crippen molar-refractivity contribution in [3.05, 3.63) is 11.4 Å². The van der Waals surface area contributed by atoms with Gasteiger partial charge in [-0.05, 0) is 13.0 Å². The van der Waals surface area contributed by atoms with E-state index in [1.54, 1.807) is 6.92 Å². The van der Waals surface area contributed by atoms with Crippen LogP contribution in [-0.4, -0.2) is 21.5 Å². The third kappa shape index (κ3) is 2.68. The van der Waals surface area contributed by atoms with E-state index in [0.29, 0.717) is 6.42 Å². The van der Waals surface area contributed by atoms with Crippen LogP contribution in [-0.2, 0) is 19.1 Å². The van der Waals surface area contributed by atoms with Gasteiger partial charge in [-0.15, -0.1) is 5.10 Å². The average molecular weight is 222 g/mol. The molecule has 4 nitrogen and oxygen atoms in total.